The number of hydrogen-bond acceptors (Lipinski definition) is 3. The Morgan fingerprint density at radius 2 is 1.36 bits per heavy atom. The molecule has 2 aromatic rings. The highest BCUT2D eigenvalue weighted by atomic mass is 19.4. The molecule has 0 saturated heterocycles. The molecular formula is C16H17F3N2O. The summed E-state index contributed by atoms with van der Waals surface area (Å²) in [6, 6.07) is 11.5. The Balaban J connectivity index is 2.11. The number of nitrogens with one attached hydrogen (secondary N) is 2. The number of hydrogen-bond donors (Lipinski definition) is 2. The lowest BCUT2D eigenvalue weighted by molar-refractivity contribution is -0.156. The second kappa shape index (κ2) is 6.70. The molecule has 1 atom stereocenters. The van der Waals surface area contributed by atoms with E-state index < -0.39 is 12.2 Å². The Morgan fingerprint density at radius 3 is 1.77 bits per heavy atom. The fourth-order valence-corrected chi connectivity index (χ4v) is 2.07. The maximum absolute atomic E-state index is 12.8. The number of rotatable bonds is 5. The van der Waals surface area contributed by atoms with E-state index in [1.807, 2.05) is 19.2 Å². The van der Waals surface area contributed by atoms with Gasteiger partial charge in [-0.15, -0.1) is 0 Å². The largest absolute Gasteiger partial charge is 0.457 e. The van der Waals surface area contributed by atoms with Gasteiger partial charge in [0.25, 0.3) is 0 Å². The van der Waals surface area contributed by atoms with Crippen molar-refractivity contribution in [1.29, 1.82) is 0 Å². The van der Waals surface area contributed by atoms with Crippen LogP contribution in [-0.4, -0.2) is 20.3 Å². The van der Waals surface area contributed by atoms with Crippen LogP contribution in [0.2, 0.25) is 0 Å². The van der Waals surface area contributed by atoms with Crippen molar-refractivity contribution in [3.05, 3.63) is 54.1 Å². The van der Waals surface area contributed by atoms with Crippen molar-refractivity contribution in [3.63, 3.8) is 0 Å². The molecular weight excluding hydrogens is 293 g/mol. The van der Waals surface area contributed by atoms with Crippen LogP contribution >= 0.6 is 0 Å². The van der Waals surface area contributed by atoms with Crippen LogP contribution in [-0.2, 0) is 0 Å². The van der Waals surface area contributed by atoms with Gasteiger partial charge in [-0.25, -0.2) is 0 Å². The molecule has 2 N–H and O–H groups in total. The van der Waals surface area contributed by atoms with Gasteiger partial charge in [0.15, 0.2) is 0 Å². The van der Waals surface area contributed by atoms with Gasteiger partial charge < -0.3 is 15.4 Å². The van der Waals surface area contributed by atoms with Crippen molar-refractivity contribution >= 4 is 5.69 Å². The fourth-order valence-electron chi connectivity index (χ4n) is 2.07. The van der Waals surface area contributed by atoms with Crippen LogP contribution in [0, 0.1) is 0 Å². The van der Waals surface area contributed by atoms with Gasteiger partial charge in [-0.05, 0) is 49.0 Å². The van der Waals surface area contributed by atoms with Crippen LogP contribution in [0.5, 0.6) is 11.5 Å². The molecule has 0 fully saturated rings. The number of anilines is 1. The third-order valence-electron chi connectivity index (χ3n) is 3.21. The number of halogens is 3. The molecule has 0 spiro atoms. The van der Waals surface area contributed by atoms with Crippen LogP contribution in [0.4, 0.5) is 18.9 Å². The minimum Gasteiger partial charge on any atom is -0.457 e. The van der Waals surface area contributed by atoms with Crippen molar-refractivity contribution < 1.29 is 17.9 Å². The van der Waals surface area contributed by atoms with Gasteiger partial charge in [-0.2, -0.15) is 13.2 Å². The van der Waals surface area contributed by atoms with E-state index >= 15 is 0 Å². The summed E-state index contributed by atoms with van der Waals surface area (Å²) in [7, 11) is 3.10. The van der Waals surface area contributed by atoms with Gasteiger partial charge in [0.2, 0.25) is 0 Å². The number of benzene rings is 2. The Morgan fingerprint density at radius 1 is 0.864 bits per heavy atom. The summed E-state index contributed by atoms with van der Waals surface area (Å²) in [5.74, 6) is 1.10. The fraction of sp³-hybridized carbons (Fsp3) is 0.250. The SMILES string of the molecule is CNc1ccc(Oc2ccc(C(NC)C(F)(F)F)cc2)cc1. The van der Waals surface area contributed by atoms with E-state index in [9.17, 15) is 13.2 Å². The van der Waals surface area contributed by atoms with E-state index in [1.165, 1.54) is 31.3 Å². The molecule has 22 heavy (non-hydrogen) atoms. The van der Waals surface area contributed by atoms with Crippen LogP contribution in [0.25, 0.3) is 0 Å². The van der Waals surface area contributed by atoms with Gasteiger partial charge in [-0.3, -0.25) is 0 Å². The highest BCUT2D eigenvalue weighted by Crippen LogP contribution is 2.33. The van der Waals surface area contributed by atoms with Crippen LogP contribution in [0.3, 0.4) is 0 Å². The minimum absolute atomic E-state index is 0.146. The van der Waals surface area contributed by atoms with Crippen LogP contribution < -0.4 is 15.4 Å². The molecule has 0 saturated carbocycles. The summed E-state index contributed by atoms with van der Waals surface area (Å²) >= 11 is 0. The standard InChI is InChI=1S/C16H17F3N2O/c1-20-12-5-9-14(10-6-12)22-13-7-3-11(4-8-13)15(21-2)16(17,18)19/h3-10,15,20-21H,1-2H3. The zero-order valence-corrected chi connectivity index (χ0v) is 12.2. The van der Waals surface area contributed by atoms with Gasteiger partial charge in [0, 0.05) is 12.7 Å². The lowest BCUT2D eigenvalue weighted by atomic mass is 10.1. The zero-order chi connectivity index (χ0) is 16.2. The van der Waals surface area contributed by atoms with Gasteiger partial charge in [-0.1, -0.05) is 12.1 Å². The Bertz CT molecular complexity index is 594. The summed E-state index contributed by atoms with van der Waals surface area (Å²) < 4.78 is 44.1. The molecule has 0 aromatic heterocycles. The maximum Gasteiger partial charge on any atom is 0.407 e. The molecule has 0 radical (unpaired) electrons. The van der Waals surface area contributed by atoms with Crippen LogP contribution in [0.15, 0.2) is 48.5 Å². The molecule has 0 aliphatic rings. The third kappa shape index (κ3) is 3.92. The molecule has 0 heterocycles. The van der Waals surface area contributed by atoms with E-state index in [4.69, 9.17) is 4.74 Å². The Labute approximate surface area is 127 Å². The maximum atomic E-state index is 12.8. The second-order valence-corrected chi connectivity index (χ2v) is 4.71. The van der Waals surface area contributed by atoms with E-state index in [0.717, 1.165) is 5.69 Å². The lowest BCUT2D eigenvalue weighted by Gasteiger charge is -2.20. The minimum atomic E-state index is -4.33. The van der Waals surface area contributed by atoms with Crippen molar-refractivity contribution in [2.45, 2.75) is 12.2 Å². The Kier molecular flexibility index (Phi) is 4.92. The monoisotopic (exact) mass is 310 g/mol. The smallest absolute Gasteiger partial charge is 0.407 e. The molecule has 2 aromatic carbocycles. The first-order chi connectivity index (χ1) is 10.4. The summed E-state index contributed by atoms with van der Waals surface area (Å²) in [6.45, 7) is 0. The first kappa shape index (κ1) is 16.2. The first-order valence-electron chi connectivity index (χ1n) is 6.73. The average Bonchev–Trinajstić information content (AvgIpc) is 2.49. The van der Waals surface area contributed by atoms with E-state index in [-0.39, 0.29) is 5.56 Å². The highest BCUT2D eigenvalue weighted by Gasteiger charge is 2.39. The molecule has 1 unspecified atom stereocenters. The van der Waals surface area contributed by atoms with E-state index in [0.29, 0.717) is 11.5 Å². The van der Waals surface area contributed by atoms with Gasteiger partial charge >= 0.3 is 6.18 Å². The molecule has 3 nitrogen and oxygen atoms in total. The molecule has 0 aliphatic heterocycles. The Hall–Kier alpha value is -2.21. The van der Waals surface area contributed by atoms with E-state index in [2.05, 4.69) is 10.6 Å². The van der Waals surface area contributed by atoms with E-state index in [1.54, 1.807) is 12.1 Å². The van der Waals surface area contributed by atoms with Crippen molar-refractivity contribution in [3.8, 4) is 11.5 Å². The molecule has 118 valence electrons. The highest BCUT2D eigenvalue weighted by molar-refractivity contribution is 5.46. The lowest BCUT2D eigenvalue weighted by Crippen LogP contribution is -2.31. The van der Waals surface area contributed by atoms with Gasteiger partial charge in [0.1, 0.15) is 17.5 Å². The normalized spacial score (nSPS) is 12.8. The van der Waals surface area contributed by atoms with Crippen molar-refractivity contribution in [2.75, 3.05) is 19.4 Å². The molecule has 6 heteroatoms. The summed E-state index contributed by atoms with van der Waals surface area (Å²) in [5.41, 5.74) is 1.10. The second-order valence-electron chi connectivity index (χ2n) is 4.71. The number of ether oxygens (including phenoxy) is 1. The summed E-state index contributed by atoms with van der Waals surface area (Å²) in [4.78, 5) is 0. The molecule has 0 aliphatic carbocycles. The quantitative estimate of drug-likeness (QED) is 0.861. The summed E-state index contributed by atoms with van der Waals surface area (Å²) in [6.07, 6.45) is -4.33. The topological polar surface area (TPSA) is 33.3 Å². The van der Waals surface area contributed by atoms with Crippen molar-refractivity contribution in [1.82, 2.24) is 5.32 Å². The first-order valence-corrected chi connectivity index (χ1v) is 6.73. The third-order valence-corrected chi connectivity index (χ3v) is 3.21. The molecule has 2 rings (SSSR count). The van der Waals surface area contributed by atoms with Gasteiger partial charge in [0.05, 0.1) is 0 Å². The predicted molar refractivity (Wildman–Crippen MR) is 80.4 cm³/mol. The molecule has 0 bridgehead atoms. The van der Waals surface area contributed by atoms with Crippen LogP contribution in [0.1, 0.15) is 11.6 Å². The molecule has 0 amide bonds. The predicted octanol–water partition coefficient (Wildman–Crippen LogP) is 4.34. The summed E-state index contributed by atoms with van der Waals surface area (Å²) in [5, 5.41) is 5.26. The zero-order valence-electron chi connectivity index (χ0n) is 12.2. The van der Waals surface area contributed by atoms with Crippen molar-refractivity contribution in [2.24, 2.45) is 0 Å². The number of alkyl halides is 3. The average molecular weight is 310 g/mol.